The number of aliphatic hydroxyl groups excluding tert-OH is 1. The molecule has 0 aliphatic heterocycles. The summed E-state index contributed by atoms with van der Waals surface area (Å²) in [6.07, 6.45) is 1.81. The van der Waals surface area contributed by atoms with E-state index in [1.54, 1.807) is 0 Å². The molecule has 1 N–H and O–H groups in total. The molecule has 7 nitrogen and oxygen atoms in total. The van der Waals surface area contributed by atoms with Gasteiger partial charge >= 0.3 is 0 Å². The molecule has 0 atom stereocenters. The van der Waals surface area contributed by atoms with Crippen molar-refractivity contribution in [3.63, 3.8) is 0 Å². The van der Waals surface area contributed by atoms with Crippen LogP contribution in [0.25, 0.3) is 10.9 Å². The van der Waals surface area contributed by atoms with Crippen LogP contribution in [0.5, 0.6) is 0 Å². The molecule has 0 unspecified atom stereocenters. The van der Waals surface area contributed by atoms with Crippen LogP contribution < -0.4 is 5.56 Å². The molecule has 0 fully saturated rings. The third-order valence-electron chi connectivity index (χ3n) is 2.58. The van der Waals surface area contributed by atoms with Gasteiger partial charge in [0.25, 0.3) is 11.2 Å². The number of nitro benzene ring substituents is 1. The first-order chi connectivity index (χ1) is 8.63. The molecule has 94 valence electrons. The molecule has 0 amide bonds. The zero-order valence-corrected chi connectivity index (χ0v) is 9.44. The first kappa shape index (κ1) is 12.2. The minimum atomic E-state index is -0.552. The number of fused-ring (bicyclic) bond motifs is 1. The van der Waals surface area contributed by atoms with E-state index in [1.165, 1.54) is 29.1 Å². The number of aliphatic hydroxyl groups is 1. The van der Waals surface area contributed by atoms with Crippen molar-refractivity contribution in [2.75, 3.05) is 6.61 Å². The Kier molecular flexibility index (Phi) is 3.33. The van der Waals surface area contributed by atoms with Gasteiger partial charge in [0, 0.05) is 25.3 Å². The van der Waals surface area contributed by atoms with Crippen molar-refractivity contribution in [3.8, 4) is 0 Å². The van der Waals surface area contributed by atoms with Crippen LogP contribution in [0.4, 0.5) is 5.69 Å². The maximum atomic E-state index is 12.0. The predicted octanol–water partition coefficient (Wildman–Crippen LogP) is 0.687. The number of nitrogens with zero attached hydrogens (tertiary/aromatic N) is 3. The molecule has 2 rings (SSSR count). The lowest BCUT2D eigenvalue weighted by atomic mass is 10.2. The SMILES string of the molecule is O=c1c2cc([N+](=O)[O-])ccc2ncn1CCCO. The second kappa shape index (κ2) is 4.92. The van der Waals surface area contributed by atoms with E-state index < -0.39 is 4.92 Å². The Morgan fingerprint density at radius 3 is 2.89 bits per heavy atom. The van der Waals surface area contributed by atoms with Crippen LogP contribution in [0.15, 0.2) is 29.3 Å². The number of aromatic nitrogens is 2. The van der Waals surface area contributed by atoms with Crippen LogP contribution in [0, 0.1) is 10.1 Å². The Hall–Kier alpha value is -2.28. The smallest absolute Gasteiger partial charge is 0.270 e. The molecule has 0 bridgehead atoms. The Bertz CT molecular complexity index is 650. The van der Waals surface area contributed by atoms with Gasteiger partial charge in [-0.3, -0.25) is 19.5 Å². The summed E-state index contributed by atoms with van der Waals surface area (Å²) >= 11 is 0. The number of hydrogen-bond donors (Lipinski definition) is 1. The van der Waals surface area contributed by atoms with Gasteiger partial charge in [-0.2, -0.15) is 0 Å². The van der Waals surface area contributed by atoms with Gasteiger partial charge < -0.3 is 5.11 Å². The van der Waals surface area contributed by atoms with Crippen LogP contribution in [0.2, 0.25) is 0 Å². The van der Waals surface area contributed by atoms with Crippen molar-refractivity contribution in [2.45, 2.75) is 13.0 Å². The molecule has 0 aliphatic rings. The second-order valence-electron chi connectivity index (χ2n) is 3.78. The second-order valence-corrected chi connectivity index (χ2v) is 3.78. The fourth-order valence-electron chi connectivity index (χ4n) is 1.66. The molecule has 7 heteroatoms. The molecule has 1 aromatic heterocycles. The summed E-state index contributed by atoms with van der Waals surface area (Å²) in [4.78, 5) is 26.2. The van der Waals surface area contributed by atoms with Crippen molar-refractivity contribution < 1.29 is 10.0 Å². The average Bonchev–Trinajstić information content (AvgIpc) is 2.37. The fraction of sp³-hybridized carbons (Fsp3) is 0.273. The van der Waals surface area contributed by atoms with Crippen LogP contribution >= 0.6 is 0 Å². The van der Waals surface area contributed by atoms with Gasteiger partial charge in [0.15, 0.2) is 0 Å². The third-order valence-corrected chi connectivity index (χ3v) is 2.58. The zero-order valence-electron chi connectivity index (χ0n) is 9.44. The summed E-state index contributed by atoms with van der Waals surface area (Å²) in [6.45, 7) is 0.306. The number of rotatable bonds is 4. The molecule has 0 saturated heterocycles. The van der Waals surface area contributed by atoms with E-state index in [4.69, 9.17) is 5.11 Å². The van der Waals surface area contributed by atoms with E-state index in [-0.39, 0.29) is 23.2 Å². The van der Waals surface area contributed by atoms with E-state index in [0.717, 1.165) is 0 Å². The van der Waals surface area contributed by atoms with Gasteiger partial charge in [0.05, 0.1) is 22.2 Å². The van der Waals surface area contributed by atoms with Gasteiger partial charge in [0.1, 0.15) is 0 Å². The molecule has 2 aromatic rings. The number of hydrogen-bond acceptors (Lipinski definition) is 5. The summed E-state index contributed by atoms with van der Waals surface area (Å²) in [5.41, 5.74) is -0.0516. The molecular weight excluding hydrogens is 238 g/mol. The van der Waals surface area contributed by atoms with Gasteiger partial charge in [-0.15, -0.1) is 0 Å². The molecule has 1 aromatic carbocycles. The zero-order chi connectivity index (χ0) is 13.1. The lowest BCUT2D eigenvalue weighted by molar-refractivity contribution is -0.384. The Balaban J connectivity index is 2.57. The van der Waals surface area contributed by atoms with Crippen molar-refractivity contribution in [1.82, 2.24) is 9.55 Å². The molecule has 0 aliphatic carbocycles. The molecule has 1 heterocycles. The van der Waals surface area contributed by atoms with Crippen LogP contribution in [-0.4, -0.2) is 26.2 Å². The highest BCUT2D eigenvalue weighted by Gasteiger charge is 2.10. The average molecular weight is 249 g/mol. The van der Waals surface area contributed by atoms with Gasteiger partial charge in [0.2, 0.25) is 0 Å². The summed E-state index contributed by atoms with van der Waals surface area (Å²) in [5.74, 6) is 0. The van der Waals surface area contributed by atoms with Crippen molar-refractivity contribution >= 4 is 16.6 Å². The number of aryl methyl sites for hydroxylation is 1. The fourth-order valence-corrected chi connectivity index (χ4v) is 1.66. The van der Waals surface area contributed by atoms with Crippen molar-refractivity contribution in [1.29, 1.82) is 0 Å². The van der Waals surface area contributed by atoms with Crippen molar-refractivity contribution in [3.05, 3.63) is 45.0 Å². The minimum Gasteiger partial charge on any atom is -0.396 e. The number of non-ortho nitro benzene ring substituents is 1. The first-order valence-corrected chi connectivity index (χ1v) is 5.38. The molecular formula is C11H11N3O4. The molecule has 0 spiro atoms. The highest BCUT2D eigenvalue weighted by atomic mass is 16.6. The normalized spacial score (nSPS) is 10.7. The maximum absolute atomic E-state index is 12.0. The van der Waals surface area contributed by atoms with Gasteiger partial charge in [-0.1, -0.05) is 0 Å². The first-order valence-electron chi connectivity index (χ1n) is 5.38. The van der Waals surface area contributed by atoms with E-state index in [9.17, 15) is 14.9 Å². The standard InChI is InChI=1S/C11H11N3O4/c15-5-1-4-13-7-12-10-3-2-8(14(17)18)6-9(10)11(13)16/h2-3,6-7,15H,1,4-5H2. The predicted molar refractivity (Wildman–Crippen MR) is 64.4 cm³/mol. The van der Waals surface area contributed by atoms with Crippen LogP contribution in [0.3, 0.4) is 0 Å². The molecule has 0 radical (unpaired) electrons. The highest BCUT2D eigenvalue weighted by Crippen LogP contribution is 2.16. The third kappa shape index (κ3) is 2.21. The Labute approximate surface area is 101 Å². The maximum Gasteiger partial charge on any atom is 0.270 e. The lowest BCUT2D eigenvalue weighted by Crippen LogP contribution is -2.21. The van der Waals surface area contributed by atoms with E-state index in [1.807, 2.05) is 0 Å². The summed E-state index contributed by atoms with van der Waals surface area (Å²) < 4.78 is 1.34. The number of nitro groups is 1. The lowest BCUT2D eigenvalue weighted by Gasteiger charge is -2.04. The Morgan fingerprint density at radius 1 is 1.44 bits per heavy atom. The van der Waals surface area contributed by atoms with Gasteiger partial charge in [-0.05, 0) is 12.5 Å². The van der Waals surface area contributed by atoms with E-state index in [2.05, 4.69) is 4.98 Å². The summed E-state index contributed by atoms with van der Waals surface area (Å²) in [5, 5.41) is 19.6. The molecule has 18 heavy (non-hydrogen) atoms. The highest BCUT2D eigenvalue weighted by molar-refractivity contribution is 5.79. The minimum absolute atomic E-state index is 0.0284. The number of benzene rings is 1. The van der Waals surface area contributed by atoms with Crippen molar-refractivity contribution in [2.24, 2.45) is 0 Å². The summed E-state index contributed by atoms with van der Waals surface area (Å²) in [6, 6.07) is 3.98. The van der Waals surface area contributed by atoms with Crippen LogP contribution in [0.1, 0.15) is 6.42 Å². The Morgan fingerprint density at radius 2 is 2.22 bits per heavy atom. The molecule has 0 saturated carbocycles. The monoisotopic (exact) mass is 249 g/mol. The van der Waals surface area contributed by atoms with E-state index in [0.29, 0.717) is 18.5 Å². The topological polar surface area (TPSA) is 98.3 Å². The van der Waals surface area contributed by atoms with Gasteiger partial charge in [-0.25, -0.2) is 4.98 Å². The largest absolute Gasteiger partial charge is 0.396 e. The van der Waals surface area contributed by atoms with E-state index >= 15 is 0 Å². The van der Waals surface area contributed by atoms with Crippen LogP contribution in [-0.2, 0) is 6.54 Å². The summed E-state index contributed by atoms with van der Waals surface area (Å²) in [7, 11) is 0. The quantitative estimate of drug-likeness (QED) is 0.634.